The smallest absolute Gasteiger partial charge is 0.0958 e. The van der Waals surface area contributed by atoms with Gasteiger partial charge in [0.25, 0.3) is 0 Å². The Morgan fingerprint density at radius 1 is 1.05 bits per heavy atom. The minimum atomic E-state index is -0.101. The first kappa shape index (κ1) is 14.5. The molecule has 19 heavy (non-hydrogen) atoms. The number of nitrogens with zero attached hydrogens (tertiary/aromatic N) is 1. The Bertz CT molecular complexity index is 363. The summed E-state index contributed by atoms with van der Waals surface area (Å²) in [4.78, 5) is 2.55. The fourth-order valence-corrected chi connectivity index (χ4v) is 2.68. The van der Waals surface area contributed by atoms with E-state index >= 15 is 0 Å². The van der Waals surface area contributed by atoms with E-state index in [1.54, 1.807) is 0 Å². The molecule has 2 heteroatoms. The maximum absolute atomic E-state index is 6.28. The molecule has 106 valence electrons. The molecular formula is C17H27NO. The van der Waals surface area contributed by atoms with Crippen LogP contribution in [0.25, 0.3) is 0 Å². The van der Waals surface area contributed by atoms with Crippen LogP contribution >= 0.6 is 0 Å². The van der Waals surface area contributed by atoms with Crippen LogP contribution in [0.15, 0.2) is 30.3 Å². The normalized spacial score (nSPS) is 19.3. The molecule has 1 saturated heterocycles. The molecular weight excluding hydrogens is 234 g/mol. The van der Waals surface area contributed by atoms with E-state index in [9.17, 15) is 0 Å². The van der Waals surface area contributed by atoms with E-state index in [0.29, 0.717) is 0 Å². The summed E-state index contributed by atoms with van der Waals surface area (Å²) < 4.78 is 6.28. The van der Waals surface area contributed by atoms with Crippen LogP contribution < -0.4 is 0 Å². The molecule has 1 heterocycles. The Kier molecular flexibility index (Phi) is 5.00. The quantitative estimate of drug-likeness (QED) is 0.811. The molecule has 0 spiro atoms. The van der Waals surface area contributed by atoms with Gasteiger partial charge in [-0.15, -0.1) is 0 Å². The molecule has 2 nitrogen and oxygen atoms in total. The second kappa shape index (κ2) is 6.53. The summed E-state index contributed by atoms with van der Waals surface area (Å²) in [5.41, 5.74) is 1.19. The lowest BCUT2D eigenvalue weighted by Crippen LogP contribution is -2.36. The van der Waals surface area contributed by atoms with Crippen LogP contribution in [0.5, 0.6) is 0 Å². The Morgan fingerprint density at radius 3 is 2.26 bits per heavy atom. The summed E-state index contributed by atoms with van der Waals surface area (Å²) in [6.07, 6.45) is 4.22. The highest BCUT2D eigenvalue weighted by Gasteiger charge is 2.23. The number of benzene rings is 1. The second-order valence-electron chi connectivity index (χ2n) is 6.49. The third kappa shape index (κ3) is 4.96. The molecule has 1 atom stereocenters. The zero-order valence-electron chi connectivity index (χ0n) is 12.6. The first-order chi connectivity index (χ1) is 9.04. The molecule has 1 unspecified atom stereocenters. The van der Waals surface area contributed by atoms with E-state index in [4.69, 9.17) is 4.74 Å². The highest BCUT2D eigenvalue weighted by molar-refractivity contribution is 5.18. The maximum Gasteiger partial charge on any atom is 0.0958 e. The van der Waals surface area contributed by atoms with E-state index in [2.05, 4.69) is 56.0 Å². The Morgan fingerprint density at radius 2 is 1.68 bits per heavy atom. The van der Waals surface area contributed by atoms with E-state index < -0.39 is 0 Å². The third-order valence-electron chi connectivity index (χ3n) is 3.54. The number of hydrogen-bond donors (Lipinski definition) is 0. The SMILES string of the molecule is CC(C)(C)OC(CN1CCCCC1)c1ccccc1. The van der Waals surface area contributed by atoms with Crippen LogP contribution in [0.2, 0.25) is 0 Å². The lowest BCUT2D eigenvalue weighted by Gasteiger charge is -2.34. The monoisotopic (exact) mass is 261 g/mol. The number of likely N-dealkylation sites (tertiary alicyclic amines) is 1. The fraction of sp³-hybridized carbons (Fsp3) is 0.647. The van der Waals surface area contributed by atoms with Crippen molar-refractivity contribution in [2.24, 2.45) is 0 Å². The molecule has 0 N–H and O–H groups in total. The highest BCUT2D eigenvalue weighted by atomic mass is 16.5. The zero-order valence-corrected chi connectivity index (χ0v) is 12.6. The van der Waals surface area contributed by atoms with Crippen LogP contribution in [0.4, 0.5) is 0 Å². The predicted molar refractivity (Wildman–Crippen MR) is 80.3 cm³/mol. The van der Waals surface area contributed by atoms with Gasteiger partial charge in [-0.05, 0) is 52.3 Å². The predicted octanol–water partition coefficient (Wildman–Crippen LogP) is 4.03. The molecule has 1 aromatic carbocycles. The molecule has 1 aliphatic heterocycles. The second-order valence-corrected chi connectivity index (χ2v) is 6.49. The van der Waals surface area contributed by atoms with Crippen LogP contribution in [-0.4, -0.2) is 30.1 Å². The van der Waals surface area contributed by atoms with Gasteiger partial charge in [0.15, 0.2) is 0 Å². The minimum absolute atomic E-state index is 0.101. The van der Waals surface area contributed by atoms with Gasteiger partial charge in [0.1, 0.15) is 0 Å². The average Bonchev–Trinajstić information content (AvgIpc) is 2.39. The van der Waals surface area contributed by atoms with Crippen molar-refractivity contribution in [3.8, 4) is 0 Å². The minimum Gasteiger partial charge on any atom is -0.367 e. The van der Waals surface area contributed by atoms with Gasteiger partial charge in [0.2, 0.25) is 0 Å². The van der Waals surface area contributed by atoms with Crippen LogP contribution in [0.1, 0.15) is 51.7 Å². The number of rotatable bonds is 4. The van der Waals surface area contributed by atoms with E-state index in [1.165, 1.54) is 37.9 Å². The van der Waals surface area contributed by atoms with Gasteiger partial charge in [0.05, 0.1) is 11.7 Å². The van der Waals surface area contributed by atoms with Crippen LogP contribution in [0.3, 0.4) is 0 Å². The van der Waals surface area contributed by atoms with Crippen molar-refractivity contribution in [2.45, 2.75) is 51.7 Å². The Labute approximate surface area is 117 Å². The van der Waals surface area contributed by atoms with Crippen molar-refractivity contribution in [3.63, 3.8) is 0 Å². The summed E-state index contributed by atoms with van der Waals surface area (Å²) in [7, 11) is 0. The van der Waals surface area contributed by atoms with Crippen LogP contribution in [0, 0.1) is 0 Å². The van der Waals surface area contributed by atoms with Crippen molar-refractivity contribution in [2.75, 3.05) is 19.6 Å². The Hall–Kier alpha value is -0.860. The molecule has 0 aliphatic carbocycles. The summed E-state index contributed by atoms with van der Waals surface area (Å²) in [5.74, 6) is 0. The topological polar surface area (TPSA) is 12.5 Å². The first-order valence-corrected chi connectivity index (χ1v) is 7.50. The summed E-state index contributed by atoms with van der Waals surface area (Å²) in [5, 5.41) is 0. The molecule has 0 saturated carbocycles. The van der Waals surface area contributed by atoms with E-state index in [-0.39, 0.29) is 11.7 Å². The first-order valence-electron chi connectivity index (χ1n) is 7.50. The lowest BCUT2D eigenvalue weighted by molar-refractivity contribution is -0.0753. The van der Waals surface area contributed by atoms with Gasteiger partial charge in [-0.1, -0.05) is 36.8 Å². The van der Waals surface area contributed by atoms with Crippen LogP contribution in [-0.2, 0) is 4.74 Å². The lowest BCUT2D eigenvalue weighted by atomic mass is 10.1. The molecule has 0 radical (unpaired) electrons. The van der Waals surface area contributed by atoms with Crippen molar-refractivity contribution < 1.29 is 4.74 Å². The number of hydrogen-bond acceptors (Lipinski definition) is 2. The molecule has 2 rings (SSSR count). The average molecular weight is 261 g/mol. The molecule has 1 aliphatic rings. The zero-order chi connectivity index (χ0) is 13.7. The summed E-state index contributed by atoms with van der Waals surface area (Å²) in [6, 6.07) is 10.6. The molecule has 0 aromatic heterocycles. The summed E-state index contributed by atoms with van der Waals surface area (Å²) >= 11 is 0. The largest absolute Gasteiger partial charge is 0.367 e. The molecule has 0 amide bonds. The maximum atomic E-state index is 6.28. The number of piperidine rings is 1. The highest BCUT2D eigenvalue weighted by Crippen LogP contribution is 2.26. The molecule has 0 bridgehead atoms. The van der Waals surface area contributed by atoms with Crippen molar-refractivity contribution >= 4 is 0 Å². The van der Waals surface area contributed by atoms with Gasteiger partial charge in [-0.3, -0.25) is 0 Å². The Balaban J connectivity index is 2.05. The van der Waals surface area contributed by atoms with Gasteiger partial charge in [-0.25, -0.2) is 0 Å². The fourth-order valence-electron chi connectivity index (χ4n) is 2.68. The van der Waals surface area contributed by atoms with Gasteiger partial charge in [-0.2, -0.15) is 0 Å². The molecule has 1 fully saturated rings. The van der Waals surface area contributed by atoms with Gasteiger partial charge >= 0.3 is 0 Å². The standard InChI is InChI=1S/C17H27NO/c1-17(2,3)19-16(15-10-6-4-7-11-15)14-18-12-8-5-9-13-18/h4,6-7,10-11,16H,5,8-9,12-14H2,1-3H3. The van der Waals surface area contributed by atoms with Crippen molar-refractivity contribution in [1.82, 2.24) is 4.90 Å². The van der Waals surface area contributed by atoms with E-state index in [0.717, 1.165) is 6.54 Å². The van der Waals surface area contributed by atoms with Gasteiger partial charge < -0.3 is 9.64 Å². The summed E-state index contributed by atoms with van der Waals surface area (Å²) in [6.45, 7) is 9.87. The molecule has 1 aromatic rings. The van der Waals surface area contributed by atoms with Crippen molar-refractivity contribution in [3.05, 3.63) is 35.9 Å². The van der Waals surface area contributed by atoms with Gasteiger partial charge in [0, 0.05) is 6.54 Å². The number of ether oxygens (including phenoxy) is 1. The third-order valence-corrected chi connectivity index (χ3v) is 3.54. The van der Waals surface area contributed by atoms with Crippen molar-refractivity contribution in [1.29, 1.82) is 0 Å². The van der Waals surface area contributed by atoms with E-state index in [1.807, 2.05) is 0 Å².